The van der Waals surface area contributed by atoms with Gasteiger partial charge in [0, 0.05) is 89.8 Å². The lowest BCUT2D eigenvalue weighted by molar-refractivity contribution is 0.590. The number of anilines is 12. The minimum atomic E-state index is -0.0822. The van der Waals surface area contributed by atoms with Gasteiger partial charge in [-0.25, -0.2) is 0 Å². The molecule has 0 amide bonds. The number of hydrogen-bond donors (Lipinski definition) is 0. The average Bonchev–Trinajstić information content (AvgIpc) is 0.854. The maximum absolute atomic E-state index is 2.57. The second-order valence-corrected chi connectivity index (χ2v) is 37.0. The van der Waals surface area contributed by atoms with Crippen molar-refractivity contribution in [3.63, 3.8) is 0 Å². The number of para-hydroxylation sites is 4. The highest BCUT2D eigenvalue weighted by Crippen LogP contribution is 2.52. The summed E-state index contributed by atoms with van der Waals surface area (Å²) in [4.78, 5) is 10.2. The Kier molecular flexibility index (Phi) is 17.0. The molecule has 0 aliphatic carbocycles. The van der Waals surface area contributed by atoms with Crippen molar-refractivity contribution in [1.82, 2.24) is 9.13 Å². The number of hydrogen-bond acceptors (Lipinski definition) is 4. The van der Waals surface area contributed by atoms with Gasteiger partial charge in [-0.1, -0.05) is 332 Å². The van der Waals surface area contributed by atoms with Crippen molar-refractivity contribution in [2.45, 2.75) is 66.2 Å². The molecule has 0 bridgehead atoms. The van der Waals surface area contributed by atoms with Crippen LogP contribution in [0.2, 0.25) is 0 Å². The molecule has 0 fully saturated rings. The molecule has 0 radical (unpaired) electrons. The normalized spacial score (nSPS) is 13.1. The Hall–Kier alpha value is -15.1. The Balaban J connectivity index is 0.642. The lowest BCUT2D eigenvalue weighted by atomic mass is 9.33. The van der Waals surface area contributed by atoms with Crippen LogP contribution in [0, 0.1) is 13.8 Å². The molecule has 0 saturated heterocycles. The lowest BCUT2D eigenvalue weighted by Gasteiger charge is -2.45. The fourth-order valence-electron chi connectivity index (χ4n) is 21.1. The molecular weight excluding hydrogens is 1520 g/mol. The number of aromatic nitrogens is 2. The monoisotopic (exact) mass is 1610 g/mol. The Bertz CT molecular complexity index is 7540. The standard InChI is InChI=1S/C118H90B2N6/c1-75-39-59-103-99(63-75)119-100-64-76(2)40-60-104(100)122(90-33-21-12-22-34-90)112-72-93(71-111(115(112)119)121(103)89-31-19-11-20-32-89)125-107-65-83(77-27-15-9-16-28-77)49-55-95(107)97-57-51-85(67-109(97)125)81-45-41-79(42-46-81)80-43-47-82(48-44-80)86-52-58-98-96-56-50-84(78-29-17-10-18-30-78)66-108(96)126(110(98)68-86)94-73-113-116-114(74-94)124(92-37-25-14-26-38-92)106-62-54-88(118(6,7)8)70-102(106)120(116)101-69-87(117(3,4)5)53-61-105(101)123(113)91-35-23-13-24-36-91/h9-74H,1-8H3. The molecule has 6 heterocycles. The number of nitrogens with zero attached hydrogens (tertiary/aromatic N) is 6. The van der Waals surface area contributed by atoms with Gasteiger partial charge in [0.2, 0.25) is 0 Å². The maximum Gasteiger partial charge on any atom is 0.252 e. The van der Waals surface area contributed by atoms with Crippen molar-refractivity contribution < 1.29 is 0 Å². The zero-order valence-electron chi connectivity index (χ0n) is 71.9. The molecule has 20 aromatic rings. The second-order valence-electron chi connectivity index (χ2n) is 37.0. The quantitative estimate of drug-likeness (QED) is 0.120. The van der Waals surface area contributed by atoms with Crippen LogP contribution in [0.1, 0.15) is 63.8 Å². The molecule has 18 aromatic carbocycles. The van der Waals surface area contributed by atoms with Crippen LogP contribution in [0.25, 0.3) is 111 Å². The molecule has 2 aromatic heterocycles. The molecule has 4 aliphatic rings. The van der Waals surface area contributed by atoms with E-state index >= 15 is 0 Å². The number of rotatable bonds is 11. The Morgan fingerprint density at radius 3 is 0.690 bits per heavy atom. The van der Waals surface area contributed by atoms with Crippen LogP contribution in [-0.4, -0.2) is 22.6 Å². The van der Waals surface area contributed by atoms with Crippen LogP contribution >= 0.6 is 0 Å². The van der Waals surface area contributed by atoms with Crippen molar-refractivity contribution in [1.29, 1.82) is 0 Å². The molecule has 4 aliphatic heterocycles. The first-order valence-electron chi connectivity index (χ1n) is 44.3. The fraction of sp³-hybridized carbons (Fsp3) is 0.0847. The molecule has 8 heteroatoms. The van der Waals surface area contributed by atoms with Gasteiger partial charge in [-0.2, -0.15) is 0 Å². The van der Waals surface area contributed by atoms with Crippen molar-refractivity contribution in [2.75, 3.05) is 19.6 Å². The van der Waals surface area contributed by atoms with Crippen LogP contribution in [0.3, 0.4) is 0 Å². The summed E-state index contributed by atoms with van der Waals surface area (Å²) in [5, 5.41) is 4.79. The molecule has 0 saturated carbocycles. The Labute approximate surface area is 737 Å². The summed E-state index contributed by atoms with van der Waals surface area (Å²) in [5.74, 6) is 0. The molecule has 0 atom stereocenters. The zero-order valence-corrected chi connectivity index (χ0v) is 71.9. The molecular formula is C118H90B2N6. The first kappa shape index (κ1) is 74.7. The van der Waals surface area contributed by atoms with Crippen LogP contribution in [0.4, 0.5) is 68.2 Å². The first-order chi connectivity index (χ1) is 61.6. The van der Waals surface area contributed by atoms with Gasteiger partial charge < -0.3 is 28.7 Å². The van der Waals surface area contributed by atoms with E-state index in [-0.39, 0.29) is 24.3 Å². The molecule has 0 unspecified atom stereocenters. The summed E-state index contributed by atoms with van der Waals surface area (Å²) >= 11 is 0. The number of fused-ring (bicyclic) bond motifs is 14. The number of benzene rings is 18. The van der Waals surface area contributed by atoms with Crippen LogP contribution in [0.5, 0.6) is 0 Å². The minimum Gasteiger partial charge on any atom is -0.311 e. The van der Waals surface area contributed by atoms with Gasteiger partial charge in [0.1, 0.15) is 0 Å². The molecule has 24 rings (SSSR count). The smallest absolute Gasteiger partial charge is 0.252 e. The summed E-state index contributed by atoms with van der Waals surface area (Å²) in [5.41, 5.74) is 45.1. The SMILES string of the molecule is Cc1ccc2c(c1)B1c3cc(C)ccc3N(c3ccccc3)c3cc(-n4c5cc(-c6ccccc6)ccc5c5ccc(-c6ccc(-c7ccc(-c8ccc9c%10ccc(-c%11ccccc%11)cc%10n(-c%10cc%11c%12c(c%10)N(c%10ccccc%10)c%10ccc(C(C)(C)C)cc%10B%12c%10cc(C(C)(C)C)ccc%10N%11c%10ccccc%10)c9c8)cc7)cc6)cc54)cc(c31)N2c1ccccc1. The topological polar surface area (TPSA) is 22.8 Å². The van der Waals surface area contributed by atoms with E-state index < -0.39 is 0 Å². The van der Waals surface area contributed by atoms with Crippen molar-refractivity contribution in [2.24, 2.45) is 0 Å². The van der Waals surface area contributed by atoms with E-state index in [9.17, 15) is 0 Å². The zero-order chi connectivity index (χ0) is 84.5. The van der Waals surface area contributed by atoms with Crippen LogP contribution < -0.4 is 52.4 Å². The Morgan fingerprint density at radius 1 is 0.190 bits per heavy atom. The minimum absolute atomic E-state index is 0.0180. The van der Waals surface area contributed by atoms with Crippen molar-refractivity contribution in [3.8, 4) is 67.0 Å². The van der Waals surface area contributed by atoms with Gasteiger partial charge >= 0.3 is 0 Å². The third-order valence-electron chi connectivity index (χ3n) is 27.2. The van der Waals surface area contributed by atoms with Crippen molar-refractivity contribution >= 4 is 158 Å². The van der Waals surface area contributed by atoms with E-state index in [1.165, 1.54) is 144 Å². The van der Waals surface area contributed by atoms with Crippen molar-refractivity contribution in [3.05, 3.63) is 423 Å². The van der Waals surface area contributed by atoms with Crippen LogP contribution in [-0.2, 0) is 10.8 Å². The number of aryl methyl sites for hydroxylation is 2. The highest BCUT2D eigenvalue weighted by Gasteiger charge is 2.47. The van der Waals surface area contributed by atoms with E-state index in [0.29, 0.717) is 0 Å². The van der Waals surface area contributed by atoms with Crippen LogP contribution in [0.15, 0.2) is 400 Å². The predicted molar refractivity (Wildman–Crippen MR) is 537 cm³/mol. The van der Waals surface area contributed by atoms with Gasteiger partial charge in [-0.05, 0) is 246 Å². The summed E-state index contributed by atoms with van der Waals surface area (Å²) < 4.78 is 5.13. The average molecular weight is 1610 g/mol. The lowest BCUT2D eigenvalue weighted by Crippen LogP contribution is -2.61. The van der Waals surface area contributed by atoms with E-state index in [1.807, 2.05) is 0 Å². The summed E-state index contributed by atoms with van der Waals surface area (Å²) in [7, 11) is 0. The first-order valence-corrected chi connectivity index (χ1v) is 44.3. The molecule has 0 spiro atoms. The van der Waals surface area contributed by atoms with Gasteiger partial charge in [0.25, 0.3) is 13.4 Å². The van der Waals surface area contributed by atoms with E-state index in [2.05, 4.69) is 485 Å². The molecule has 0 N–H and O–H groups in total. The molecule has 126 heavy (non-hydrogen) atoms. The third kappa shape index (κ3) is 12.0. The van der Waals surface area contributed by atoms with E-state index in [1.54, 1.807) is 0 Å². The van der Waals surface area contributed by atoms with Gasteiger partial charge in [0.15, 0.2) is 0 Å². The summed E-state index contributed by atoms with van der Waals surface area (Å²) in [6.07, 6.45) is 0. The Morgan fingerprint density at radius 2 is 0.421 bits per heavy atom. The molecule has 598 valence electrons. The fourth-order valence-corrected chi connectivity index (χ4v) is 21.1. The summed E-state index contributed by atoms with van der Waals surface area (Å²) in [6, 6.07) is 152. The highest BCUT2D eigenvalue weighted by atomic mass is 15.2. The van der Waals surface area contributed by atoms with Gasteiger partial charge in [0.05, 0.1) is 33.4 Å². The largest absolute Gasteiger partial charge is 0.311 e. The van der Waals surface area contributed by atoms with Gasteiger partial charge in [-0.3, -0.25) is 0 Å². The predicted octanol–water partition coefficient (Wildman–Crippen LogP) is 27.6. The summed E-state index contributed by atoms with van der Waals surface area (Å²) in [6.45, 7) is 18.4. The third-order valence-corrected chi connectivity index (χ3v) is 27.2. The highest BCUT2D eigenvalue weighted by molar-refractivity contribution is 7.01. The van der Waals surface area contributed by atoms with E-state index in [4.69, 9.17) is 0 Å². The van der Waals surface area contributed by atoms with Gasteiger partial charge in [-0.15, -0.1) is 0 Å². The maximum atomic E-state index is 2.57. The van der Waals surface area contributed by atoms with E-state index in [0.717, 1.165) is 89.6 Å². The second kappa shape index (κ2) is 28.7. The molecule has 6 nitrogen and oxygen atoms in total.